The molecule has 10 nitrogen and oxygen atoms in total. The summed E-state index contributed by atoms with van der Waals surface area (Å²) in [5, 5.41) is 18.1. The van der Waals surface area contributed by atoms with Gasteiger partial charge >= 0.3 is 5.97 Å². The zero-order chi connectivity index (χ0) is 29.8. The smallest absolute Gasteiger partial charge is 0.303 e. The first-order valence-corrected chi connectivity index (χ1v) is 14.0. The molecule has 3 heterocycles. The Labute approximate surface area is 245 Å². The number of carbonyl (C=O) groups excluding carboxylic acids is 2. The highest BCUT2D eigenvalue weighted by Crippen LogP contribution is 2.41. The van der Waals surface area contributed by atoms with Gasteiger partial charge in [0.1, 0.15) is 17.3 Å². The fourth-order valence-electron chi connectivity index (χ4n) is 4.75. The molecular formula is C31H29N5O5S. The molecular weight excluding hydrogens is 554 g/mol. The summed E-state index contributed by atoms with van der Waals surface area (Å²) in [5.74, 6) is -0.643. The van der Waals surface area contributed by atoms with E-state index in [0.29, 0.717) is 29.4 Å². The number of thiophene rings is 1. The van der Waals surface area contributed by atoms with Gasteiger partial charge in [0.25, 0.3) is 5.91 Å². The lowest BCUT2D eigenvalue weighted by molar-refractivity contribution is -0.137. The third kappa shape index (κ3) is 5.81. The van der Waals surface area contributed by atoms with Gasteiger partial charge in [-0.3, -0.25) is 14.4 Å². The predicted molar refractivity (Wildman–Crippen MR) is 166 cm³/mol. The normalized spacial score (nSPS) is 11.3. The van der Waals surface area contributed by atoms with E-state index in [1.807, 2.05) is 59.5 Å². The Bertz CT molecular complexity index is 1860. The van der Waals surface area contributed by atoms with Crippen LogP contribution in [0.2, 0.25) is 0 Å². The molecule has 0 bridgehead atoms. The van der Waals surface area contributed by atoms with E-state index in [2.05, 4.69) is 15.6 Å². The van der Waals surface area contributed by atoms with Crippen molar-refractivity contribution in [2.75, 3.05) is 24.7 Å². The van der Waals surface area contributed by atoms with Crippen LogP contribution in [0.5, 0.6) is 5.75 Å². The maximum atomic E-state index is 13.2. The van der Waals surface area contributed by atoms with Crippen LogP contribution in [0, 0.1) is 0 Å². The molecule has 2 amide bonds. The van der Waals surface area contributed by atoms with E-state index in [9.17, 15) is 14.4 Å². The Morgan fingerprint density at radius 1 is 1.17 bits per heavy atom. The number of nitrogen functional groups attached to an aromatic ring is 1. The minimum Gasteiger partial charge on any atom is -0.495 e. The molecule has 0 aliphatic rings. The molecule has 11 heteroatoms. The fourth-order valence-corrected chi connectivity index (χ4v) is 5.83. The van der Waals surface area contributed by atoms with Gasteiger partial charge in [0, 0.05) is 64.4 Å². The van der Waals surface area contributed by atoms with Crippen molar-refractivity contribution in [1.29, 1.82) is 0 Å². The van der Waals surface area contributed by atoms with Crippen LogP contribution in [-0.2, 0) is 16.6 Å². The topological polar surface area (TPSA) is 149 Å². The van der Waals surface area contributed by atoms with Crippen LogP contribution in [0.3, 0.4) is 0 Å². The number of anilines is 2. The molecule has 0 atom stereocenters. The predicted octanol–water partition coefficient (Wildman–Crippen LogP) is 5.29. The maximum Gasteiger partial charge on any atom is 0.303 e. The zero-order valence-corrected chi connectivity index (χ0v) is 23.8. The molecule has 5 N–H and O–H groups in total. The molecule has 2 aromatic carbocycles. The molecule has 0 aliphatic heterocycles. The Hall–Kier alpha value is -5.16. The van der Waals surface area contributed by atoms with Gasteiger partial charge in [-0.2, -0.15) is 0 Å². The number of hydrogen-bond donors (Lipinski definition) is 4. The number of nitrogens with zero attached hydrogens (tertiary/aromatic N) is 2. The van der Waals surface area contributed by atoms with Crippen molar-refractivity contribution in [1.82, 2.24) is 14.9 Å². The molecule has 0 aliphatic carbocycles. The minimum absolute atomic E-state index is 0.00712. The van der Waals surface area contributed by atoms with Gasteiger partial charge in [0.2, 0.25) is 5.91 Å². The Morgan fingerprint density at radius 3 is 2.74 bits per heavy atom. The highest BCUT2D eigenvalue weighted by atomic mass is 32.1. The molecule has 214 valence electrons. The summed E-state index contributed by atoms with van der Waals surface area (Å²) >= 11 is 1.47. The number of para-hydroxylation sites is 1. The Morgan fingerprint density at radius 2 is 1.98 bits per heavy atom. The fraction of sp³-hybridized carbons (Fsp3) is 0.161. The number of fused-ring (bicyclic) bond motifs is 2. The largest absolute Gasteiger partial charge is 0.495 e. The number of benzene rings is 2. The van der Waals surface area contributed by atoms with E-state index < -0.39 is 5.97 Å². The number of nitrogens with two attached hydrogens (primary N) is 1. The second-order valence-electron chi connectivity index (χ2n) is 9.59. The quantitative estimate of drug-likeness (QED) is 0.129. The Kier molecular flexibility index (Phi) is 8.21. The lowest BCUT2D eigenvalue weighted by Gasteiger charge is -2.13. The highest BCUT2D eigenvalue weighted by Gasteiger charge is 2.18. The number of rotatable bonds is 10. The second kappa shape index (κ2) is 12.1. The number of ether oxygens (including phenoxy) is 1. The van der Waals surface area contributed by atoms with Crippen LogP contribution < -0.4 is 21.1 Å². The first-order chi connectivity index (χ1) is 20.3. The molecule has 0 fully saturated rings. The first kappa shape index (κ1) is 28.4. The lowest BCUT2D eigenvalue weighted by Crippen LogP contribution is -2.22. The summed E-state index contributed by atoms with van der Waals surface area (Å²) in [4.78, 5) is 40.4. The van der Waals surface area contributed by atoms with E-state index in [4.69, 9.17) is 15.6 Å². The van der Waals surface area contributed by atoms with Gasteiger partial charge in [-0.1, -0.05) is 24.3 Å². The van der Waals surface area contributed by atoms with Gasteiger partial charge in [-0.05, 0) is 47.7 Å². The van der Waals surface area contributed by atoms with Crippen molar-refractivity contribution < 1.29 is 24.2 Å². The van der Waals surface area contributed by atoms with E-state index in [0.717, 1.165) is 37.7 Å². The van der Waals surface area contributed by atoms with Crippen molar-refractivity contribution in [3.8, 4) is 16.9 Å². The molecule has 0 unspecified atom stereocenters. The standard InChI is InChI=1S/C31H29N5O5S/c1-36-23-7-4-3-6-19(23)14-24(36)31(40)35-22-11-9-18(15-25(22)41-2)21-17-42-29-20(16-34-30(32)28(21)29)10-12-26(37)33-13-5-8-27(38)39/h3-4,6-7,9-12,14-17H,5,8,13H2,1-2H3,(H2,32,34)(H,33,37)(H,35,40)(H,38,39). The van der Waals surface area contributed by atoms with E-state index in [-0.39, 0.29) is 24.8 Å². The lowest BCUT2D eigenvalue weighted by atomic mass is 10.0. The number of amides is 2. The molecule has 0 spiro atoms. The number of methoxy groups -OCH3 is 1. The number of carbonyl (C=O) groups is 3. The summed E-state index contributed by atoms with van der Waals surface area (Å²) < 4.78 is 8.36. The second-order valence-corrected chi connectivity index (χ2v) is 10.5. The number of aliphatic carboxylic acids is 1. The Balaban J connectivity index is 1.38. The number of carboxylic acid groups (broad SMARTS) is 1. The van der Waals surface area contributed by atoms with Gasteiger partial charge in [-0.25, -0.2) is 4.98 Å². The van der Waals surface area contributed by atoms with Crippen molar-refractivity contribution in [2.24, 2.45) is 7.05 Å². The molecule has 3 aromatic heterocycles. The summed E-state index contributed by atoms with van der Waals surface area (Å²) in [6.45, 7) is 0.272. The number of hydrogen-bond acceptors (Lipinski definition) is 7. The van der Waals surface area contributed by atoms with Crippen LogP contribution in [0.1, 0.15) is 28.9 Å². The number of carboxylic acids is 1. The van der Waals surface area contributed by atoms with Gasteiger partial charge in [0.05, 0.1) is 12.8 Å². The summed E-state index contributed by atoms with van der Waals surface area (Å²) in [7, 11) is 3.40. The van der Waals surface area contributed by atoms with Crippen molar-refractivity contribution in [3.05, 3.63) is 77.4 Å². The van der Waals surface area contributed by atoms with Crippen molar-refractivity contribution >= 4 is 67.7 Å². The molecule has 5 aromatic rings. The van der Waals surface area contributed by atoms with Crippen LogP contribution in [-0.4, -0.2) is 46.1 Å². The van der Waals surface area contributed by atoms with Crippen LogP contribution in [0.4, 0.5) is 11.5 Å². The molecule has 0 saturated carbocycles. The van der Waals surface area contributed by atoms with Crippen LogP contribution in [0.25, 0.3) is 38.2 Å². The van der Waals surface area contributed by atoms with E-state index in [1.165, 1.54) is 17.4 Å². The van der Waals surface area contributed by atoms with Crippen LogP contribution >= 0.6 is 11.3 Å². The minimum atomic E-state index is -0.901. The van der Waals surface area contributed by atoms with Gasteiger partial charge in [0.15, 0.2) is 0 Å². The zero-order valence-electron chi connectivity index (χ0n) is 23.0. The number of pyridine rings is 1. The van der Waals surface area contributed by atoms with Crippen molar-refractivity contribution in [2.45, 2.75) is 12.8 Å². The van der Waals surface area contributed by atoms with E-state index in [1.54, 1.807) is 25.4 Å². The van der Waals surface area contributed by atoms with Crippen LogP contribution in [0.15, 0.2) is 66.2 Å². The third-order valence-electron chi connectivity index (χ3n) is 6.88. The monoisotopic (exact) mass is 583 g/mol. The summed E-state index contributed by atoms with van der Waals surface area (Å²) in [5.41, 5.74) is 10.7. The first-order valence-electron chi connectivity index (χ1n) is 13.1. The number of aryl methyl sites for hydroxylation is 1. The molecule has 42 heavy (non-hydrogen) atoms. The third-order valence-corrected chi connectivity index (χ3v) is 7.91. The van der Waals surface area contributed by atoms with Gasteiger partial charge < -0.3 is 30.8 Å². The number of nitrogens with one attached hydrogen (secondary N) is 2. The summed E-state index contributed by atoms with van der Waals surface area (Å²) in [6, 6.07) is 15.2. The highest BCUT2D eigenvalue weighted by molar-refractivity contribution is 7.18. The average molecular weight is 584 g/mol. The summed E-state index contributed by atoms with van der Waals surface area (Å²) in [6.07, 6.45) is 5.01. The van der Waals surface area contributed by atoms with Gasteiger partial charge in [-0.15, -0.1) is 11.3 Å². The number of aromatic nitrogens is 2. The SMILES string of the molecule is COc1cc(-c2csc3c(C=CC(=O)NCCCC(=O)O)cnc(N)c23)ccc1NC(=O)c1cc2ccccc2n1C. The van der Waals surface area contributed by atoms with E-state index >= 15 is 0 Å². The molecule has 0 saturated heterocycles. The van der Waals surface area contributed by atoms with Crippen molar-refractivity contribution in [3.63, 3.8) is 0 Å². The average Bonchev–Trinajstić information content (AvgIpc) is 3.58. The molecule has 0 radical (unpaired) electrons. The molecule has 5 rings (SSSR count). The maximum absolute atomic E-state index is 13.2.